The van der Waals surface area contributed by atoms with Gasteiger partial charge in [-0.15, -0.1) is 18.6 Å². The van der Waals surface area contributed by atoms with E-state index >= 15 is 0 Å². The van der Waals surface area contributed by atoms with Gasteiger partial charge in [0.25, 0.3) is 0 Å². The van der Waals surface area contributed by atoms with Gasteiger partial charge in [0.1, 0.15) is 0 Å². The first kappa shape index (κ1) is 28.1. The van der Waals surface area contributed by atoms with Gasteiger partial charge in [0, 0.05) is 8.07 Å². The quantitative estimate of drug-likeness (QED) is 0.414. The Morgan fingerprint density at radius 2 is 1.68 bits per heavy atom. The van der Waals surface area contributed by atoms with Crippen LogP contribution >= 0.6 is 0 Å². The number of benzene rings is 1. The Balaban J connectivity index is 0.000000503. The topological polar surface area (TPSA) is 0 Å². The number of hydrogen-bond acceptors (Lipinski definition) is 0. The molecule has 0 nitrogen and oxygen atoms in total. The second-order valence-electron chi connectivity index (χ2n) is 8.57. The van der Waals surface area contributed by atoms with Crippen LogP contribution in [0.15, 0.2) is 41.0 Å². The molecule has 1 aromatic rings. The zero-order valence-electron chi connectivity index (χ0n) is 18.0. The zero-order chi connectivity index (χ0) is 18.2. The van der Waals surface area contributed by atoms with Crippen molar-refractivity contribution in [1.29, 1.82) is 0 Å². The molecule has 4 rings (SSSR count). The molecule has 0 aromatic heterocycles. The standard InChI is InChI=1S/C14H17Si.C10H15.2ClH.Zr/c1-2-15(10-5-11-15)14-9-8-12-6-3-4-7-13(12)14;1-7-6-10(4,5)9(3)8(7)2;;;/h3-4,6-8,14H,2,5,10-11H2,1H3;1-5H3;2*1H;/q2*-1;;;+4/p-2. The van der Waals surface area contributed by atoms with Gasteiger partial charge in [-0.25, -0.2) is 11.6 Å². The van der Waals surface area contributed by atoms with Gasteiger partial charge < -0.3 is 24.8 Å². The van der Waals surface area contributed by atoms with E-state index in [2.05, 4.69) is 84.0 Å². The maximum absolute atomic E-state index is 3.65. The smallest absolute Gasteiger partial charge is 1.00 e. The number of allylic oxidation sites excluding steroid dienone is 5. The fourth-order valence-corrected chi connectivity index (χ4v) is 8.87. The predicted octanol–water partition coefficient (Wildman–Crippen LogP) is 1.13. The summed E-state index contributed by atoms with van der Waals surface area (Å²) >= 11 is 0. The van der Waals surface area contributed by atoms with Crippen LogP contribution in [0, 0.1) is 17.6 Å². The van der Waals surface area contributed by atoms with E-state index in [1.807, 2.05) is 0 Å². The molecule has 0 N–H and O–H groups in total. The van der Waals surface area contributed by atoms with E-state index in [9.17, 15) is 0 Å². The third kappa shape index (κ3) is 5.23. The zero-order valence-corrected chi connectivity index (χ0v) is 23.0. The van der Waals surface area contributed by atoms with Crippen LogP contribution in [0.1, 0.15) is 64.6 Å². The van der Waals surface area contributed by atoms with Gasteiger partial charge in [0.15, 0.2) is 0 Å². The van der Waals surface area contributed by atoms with Crippen molar-refractivity contribution in [1.82, 2.24) is 0 Å². The van der Waals surface area contributed by atoms with Gasteiger partial charge in [-0.05, 0) is 0 Å². The molecule has 1 atom stereocenters. The Morgan fingerprint density at radius 1 is 1.07 bits per heavy atom. The van der Waals surface area contributed by atoms with Crippen LogP contribution in [0.25, 0.3) is 6.08 Å². The van der Waals surface area contributed by atoms with E-state index in [1.54, 1.807) is 5.56 Å². The third-order valence-corrected chi connectivity index (χ3v) is 12.8. The van der Waals surface area contributed by atoms with Crippen LogP contribution in [-0.2, 0) is 26.2 Å². The Morgan fingerprint density at radius 3 is 2.07 bits per heavy atom. The average Bonchev–Trinajstić information content (AvgIpc) is 3.04. The molecule has 0 radical (unpaired) electrons. The van der Waals surface area contributed by atoms with Gasteiger partial charge in [-0.2, -0.15) is 16.7 Å². The number of rotatable bonds is 2. The van der Waals surface area contributed by atoms with E-state index in [1.165, 1.54) is 46.8 Å². The molecule has 28 heavy (non-hydrogen) atoms. The molecule has 0 amide bonds. The van der Waals surface area contributed by atoms with Crippen LogP contribution in [0.4, 0.5) is 0 Å². The van der Waals surface area contributed by atoms with Crippen LogP contribution in [0.5, 0.6) is 0 Å². The Bertz CT molecular complexity index is 752. The number of halogens is 2. The molecule has 0 spiro atoms. The van der Waals surface area contributed by atoms with Crippen molar-refractivity contribution >= 4 is 14.1 Å². The molecular weight excluding hydrogens is 478 g/mol. The summed E-state index contributed by atoms with van der Waals surface area (Å²) in [6.45, 7) is 13.3. The molecule has 1 aromatic carbocycles. The Labute approximate surface area is 205 Å². The second-order valence-corrected chi connectivity index (χ2v) is 13.6. The molecule has 0 saturated carbocycles. The van der Waals surface area contributed by atoms with Gasteiger partial charge in [-0.1, -0.05) is 88.3 Å². The van der Waals surface area contributed by atoms with E-state index < -0.39 is 8.07 Å². The van der Waals surface area contributed by atoms with Crippen molar-refractivity contribution in [2.24, 2.45) is 5.41 Å². The fraction of sp³-hybridized carbons (Fsp3) is 0.500. The average molecular weight is 511 g/mol. The third-order valence-electron chi connectivity index (χ3n) is 6.94. The predicted molar refractivity (Wildman–Crippen MR) is 112 cm³/mol. The largest absolute Gasteiger partial charge is 4.00 e. The summed E-state index contributed by atoms with van der Waals surface area (Å²) in [6, 6.07) is 13.4. The monoisotopic (exact) mass is 508 g/mol. The first-order valence-electron chi connectivity index (χ1n) is 9.79. The van der Waals surface area contributed by atoms with Crippen molar-refractivity contribution < 1.29 is 51.0 Å². The maximum atomic E-state index is 3.65. The van der Waals surface area contributed by atoms with Gasteiger partial charge in [-0.3, -0.25) is 12.2 Å². The minimum Gasteiger partial charge on any atom is -1.00 e. The fourth-order valence-electron chi connectivity index (χ4n) is 4.56. The normalized spacial score (nSPS) is 22.4. The minimum absolute atomic E-state index is 0. The SMILES string of the molecule is CC1=[C-]C(C)(C)C(C)=C1C.CC[Si]1(C2[C-]=Cc3ccccc32)CCC1.[Cl-].[Cl-].[Zr+4]. The summed E-state index contributed by atoms with van der Waals surface area (Å²) in [5.41, 5.74) is 8.11. The molecule has 0 bridgehead atoms. The van der Waals surface area contributed by atoms with Crippen molar-refractivity contribution in [3.8, 4) is 0 Å². The molecule has 1 unspecified atom stereocenters. The molecule has 3 aliphatic rings. The van der Waals surface area contributed by atoms with E-state index in [4.69, 9.17) is 0 Å². The minimum atomic E-state index is -0.977. The first-order valence-corrected chi connectivity index (χ1v) is 12.5. The summed E-state index contributed by atoms with van der Waals surface area (Å²) in [6.07, 6.45) is 10.8. The Hall–Kier alpha value is 0.120. The summed E-state index contributed by atoms with van der Waals surface area (Å²) < 4.78 is 0. The van der Waals surface area contributed by atoms with E-state index in [0.717, 1.165) is 0 Å². The summed E-state index contributed by atoms with van der Waals surface area (Å²) in [7, 11) is -0.977. The van der Waals surface area contributed by atoms with E-state index in [0.29, 0.717) is 5.54 Å². The van der Waals surface area contributed by atoms with Gasteiger partial charge >= 0.3 is 26.2 Å². The summed E-state index contributed by atoms with van der Waals surface area (Å²) in [4.78, 5) is 0. The van der Waals surface area contributed by atoms with Crippen LogP contribution in [0.2, 0.25) is 18.1 Å². The second kappa shape index (κ2) is 10.9. The summed E-state index contributed by atoms with van der Waals surface area (Å²) in [5, 5.41) is 0. The molecule has 1 fully saturated rings. The van der Waals surface area contributed by atoms with Crippen molar-refractivity contribution in [3.05, 3.63) is 64.3 Å². The van der Waals surface area contributed by atoms with Crippen LogP contribution < -0.4 is 24.8 Å². The van der Waals surface area contributed by atoms with Crippen molar-refractivity contribution in [3.63, 3.8) is 0 Å². The molecule has 1 aliphatic heterocycles. The van der Waals surface area contributed by atoms with Crippen molar-refractivity contribution in [2.45, 2.75) is 71.6 Å². The van der Waals surface area contributed by atoms with Crippen LogP contribution in [0.3, 0.4) is 0 Å². The molecule has 1 saturated heterocycles. The molecule has 2 aliphatic carbocycles. The Kier molecular flexibility index (Phi) is 11.0. The van der Waals surface area contributed by atoms with Crippen LogP contribution in [-0.4, -0.2) is 8.07 Å². The first-order chi connectivity index (χ1) is 11.8. The van der Waals surface area contributed by atoms with Crippen molar-refractivity contribution in [2.75, 3.05) is 0 Å². The molecule has 4 heteroatoms. The summed E-state index contributed by atoms with van der Waals surface area (Å²) in [5.74, 6) is 0. The number of fused-ring (bicyclic) bond motifs is 1. The maximum Gasteiger partial charge on any atom is 4.00 e. The molecular formula is C24H32Cl2SiZr. The number of hydrogen-bond donors (Lipinski definition) is 0. The van der Waals surface area contributed by atoms with Gasteiger partial charge in [0.05, 0.1) is 0 Å². The van der Waals surface area contributed by atoms with E-state index in [-0.39, 0.29) is 56.4 Å². The molecule has 1 heterocycles. The molecule has 150 valence electrons. The van der Waals surface area contributed by atoms with Gasteiger partial charge in [0.2, 0.25) is 0 Å².